The summed E-state index contributed by atoms with van der Waals surface area (Å²) in [4.78, 5) is 47.5. The first-order valence-corrected chi connectivity index (χ1v) is 10.8. The molecule has 8 nitrogen and oxygen atoms in total. The summed E-state index contributed by atoms with van der Waals surface area (Å²) in [5.41, 5.74) is 1.32. The van der Waals surface area contributed by atoms with E-state index in [2.05, 4.69) is 15.3 Å². The maximum Gasteiger partial charge on any atom is 0.264 e. The summed E-state index contributed by atoms with van der Waals surface area (Å²) < 4.78 is 5.18. The minimum Gasteiger partial charge on any atom is -0.467 e. The van der Waals surface area contributed by atoms with E-state index in [0.717, 1.165) is 5.56 Å². The maximum absolute atomic E-state index is 13.0. The summed E-state index contributed by atoms with van der Waals surface area (Å²) >= 11 is 1.17. The first-order chi connectivity index (χ1) is 15.4. The predicted molar refractivity (Wildman–Crippen MR) is 122 cm³/mol. The molecule has 0 radical (unpaired) electrons. The molecule has 4 rings (SSSR count). The lowest BCUT2D eigenvalue weighted by atomic mass is 10.1. The Morgan fingerprint density at radius 3 is 2.69 bits per heavy atom. The molecule has 0 aliphatic heterocycles. The van der Waals surface area contributed by atoms with E-state index in [1.54, 1.807) is 26.1 Å². The number of thiophene rings is 1. The number of aryl methyl sites for hydroxylation is 1. The van der Waals surface area contributed by atoms with Crippen LogP contribution in [0.4, 0.5) is 0 Å². The molecule has 9 heteroatoms. The smallest absolute Gasteiger partial charge is 0.264 e. The zero-order valence-electron chi connectivity index (χ0n) is 17.7. The van der Waals surface area contributed by atoms with Crippen molar-refractivity contribution < 1.29 is 14.0 Å². The van der Waals surface area contributed by atoms with E-state index < -0.39 is 0 Å². The molecule has 3 heterocycles. The number of aromatic nitrogens is 2. The number of carbonyl (C=O) groups is 2. The Balaban J connectivity index is 1.50. The van der Waals surface area contributed by atoms with Crippen molar-refractivity contribution in [2.75, 3.05) is 13.6 Å². The summed E-state index contributed by atoms with van der Waals surface area (Å²) in [7, 11) is 1.55. The van der Waals surface area contributed by atoms with Gasteiger partial charge in [0.15, 0.2) is 0 Å². The summed E-state index contributed by atoms with van der Waals surface area (Å²) in [6.07, 6.45) is 2.02. The first-order valence-electron chi connectivity index (χ1n) is 10.0. The van der Waals surface area contributed by atoms with E-state index in [1.807, 2.05) is 30.3 Å². The zero-order valence-corrected chi connectivity index (χ0v) is 18.5. The lowest BCUT2D eigenvalue weighted by Crippen LogP contribution is -2.38. The molecule has 0 saturated heterocycles. The van der Waals surface area contributed by atoms with Crippen LogP contribution in [0.1, 0.15) is 32.4 Å². The maximum atomic E-state index is 13.0. The third-order valence-corrected chi connectivity index (χ3v) is 6.20. The van der Waals surface area contributed by atoms with Gasteiger partial charge in [0.25, 0.3) is 11.5 Å². The fraction of sp³-hybridized carbons (Fsp3) is 0.217. The van der Waals surface area contributed by atoms with Crippen molar-refractivity contribution in [3.63, 3.8) is 0 Å². The van der Waals surface area contributed by atoms with Crippen LogP contribution in [0.3, 0.4) is 0 Å². The summed E-state index contributed by atoms with van der Waals surface area (Å²) in [6.45, 7) is 1.86. The Bertz CT molecular complexity index is 1310. The number of nitrogens with one attached hydrogen (secondary N) is 2. The Morgan fingerprint density at radius 2 is 1.97 bits per heavy atom. The van der Waals surface area contributed by atoms with Gasteiger partial charge in [-0.25, -0.2) is 4.98 Å². The highest BCUT2D eigenvalue weighted by Crippen LogP contribution is 2.28. The van der Waals surface area contributed by atoms with E-state index >= 15 is 0 Å². The number of rotatable bonds is 7. The highest BCUT2D eigenvalue weighted by atomic mass is 32.1. The topological polar surface area (TPSA) is 108 Å². The van der Waals surface area contributed by atoms with Gasteiger partial charge >= 0.3 is 0 Å². The number of hydrogen-bond acceptors (Lipinski definition) is 6. The second-order valence-electron chi connectivity index (χ2n) is 7.43. The highest BCUT2D eigenvalue weighted by Gasteiger charge is 2.23. The fourth-order valence-electron chi connectivity index (χ4n) is 3.38. The largest absolute Gasteiger partial charge is 0.467 e. The molecule has 3 aromatic heterocycles. The number of aromatic amines is 1. The van der Waals surface area contributed by atoms with Crippen molar-refractivity contribution in [3.05, 3.63) is 86.7 Å². The molecule has 1 aromatic carbocycles. The van der Waals surface area contributed by atoms with Crippen LogP contribution in [0.5, 0.6) is 0 Å². The van der Waals surface area contributed by atoms with Gasteiger partial charge in [-0.05, 0) is 30.2 Å². The minimum atomic E-state index is -0.331. The van der Waals surface area contributed by atoms with Crippen molar-refractivity contribution in [1.82, 2.24) is 20.2 Å². The monoisotopic (exact) mass is 450 g/mol. The van der Waals surface area contributed by atoms with E-state index in [1.165, 1.54) is 22.5 Å². The fourth-order valence-corrected chi connectivity index (χ4v) is 4.58. The number of furan rings is 1. The number of likely N-dealkylation sites (N-methyl/N-ethyl adjacent to an activating group) is 1. The third-order valence-electron chi connectivity index (χ3n) is 5.03. The molecule has 2 amide bonds. The van der Waals surface area contributed by atoms with Gasteiger partial charge in [-0.1, -0.05) is 30.3 Å². The van der Waals surface area contributed by atoms with Crippen LogP contribution in [-0.2, 0) is 17.8 Å². The van der Waals surface area contributed by atoms with Crippen molar-refractivity contribution in [1.29, 1.82) is 0 Å². The van der Waals surface area contributed by atoms with Crippen molar-refractivity contribution in [2.24, 2.45) is 0 Å². The van der Waals surface area contributed by atoms with Crippen molar-refractivity contribution >= 4 is 33.4 Å². The molecule has 0 atom stereocenters. The number of carbonyl (C=O) groups excluding carboxylic acids is 2. The van der Waals surface area contributed by atoms with E-state index in [-0.39, 0.29) is 30.5 Å². The standard InChI is InChI=1S/C23H22N4O4S/c1-14-19-21(29)25-17(11-15-7-4-3-5-8-15)26-22(19)32-20(14)23(30)27(2)13-18(28)24-12-16-9-6-10-31-16/h3-10H,11-13H2,1-2H3,(H,24,28)(H,25,26,29). The van der Waals surface area contributed by atoms with Gasteiger partial charge in [0, 0.05) is 13.5 Å². The van der Waals surface area contributed by atoms with Crippen molar-refractivity contribution in [3.8, 4) is 0 Å². The summed E-state index contributed by atoms with van der Waals surface area (Å²) in [6, 6.07) is 13.2. The van der Waals surface area contributed by atoms with Gasteiger partial charge < -0.3 is 19.6 Å². The van der Waals surface area contributed by atoms with E-state index in [4.69, 9.17) is 4.42 Å². The highest BCUT2D eigenvalue weighted by molar-refractivity contribution is 7.20. The van der Waals surface area contributed by atoms with Crippen LogP contribution in [0.2, 0.25) is 0 Å². The molecule has 0 unspecified atom stereocenters. The van der Waals surface area contributed by atoms with Crippen LogP contribution in [0.15, 0.2) is 57.9 Å². The quantitative estimate of drug-likeness (QED) is 0.450. The predicted octanol–water partition coefficient (Wildman–Crippen LogP) is 2.87. The van der Waals surface area contributed by atoms with Crippen LogP contribution < -0.4 is 10.9 Å². The van der Waals surface area contributed by atoms with Crippen molar-refractivity contribution in [2.45, 2.75) is 19.9 Å². The third kappa shape index (κ3) is 4.62. The van der Waals surface area contributed by atoms with E-state index in [9.17, 15) is 14.4 Å². The Labute approximate surface area is 187 Å². The first kappa shape index (κ1) is 21.5. The van der Waals surface area contributed by atoms with Gasteiger partial charge in [0.1, 0.15) is 16.4 Å². The Kier molecular flexibility index (Phi) is 6.18. The molecule has 0 bridgehead atoms. The number of benzene rings is 1. The summed E-state index contributed by atoms with van der Waals surface area (Å²) in [5, 5.41) is 3.12. The molecule has 4 aromatic rings. The van der Waals surface area contributed by atoms with Gasteiger partial charge in [0.2, 0.25) is 5.91 Å². The lowest BCUT2D eigenvalue weighted by molar-refractivity contribution is -0.121. The number of amides is 2. The number of H-pyrrole nitrogens is 1. The molecule has 0 aliphatic carbocycles. The van der Waals surface area contributed by atoms with Gasteiger partial charge in [0.05, 0.1) is 29.6 Å². The summed E-state index contributed by atoms with van der Waals surface area (Å²) in [5.74, 6) is 0.531. The number of fused-ring (bicyclic) bond motifs is 1. The Morgan fingerprint density at radius 1 is 1.19 bits per heavy atom. The molecule has 32 heavy (non-hydrogen) atoms. The van der Waals surface area contributed by atoms with Crippen LogP contribution >= 0.6 is 11.3 Å². The SMILES string of the molecule is Cc1c(C(=O)N(C)CC(=O)NCc2ccco2)sc2nc(Cc3ccccc3)[nH]c(=O)c12. The average Bonchev–Trinajstić information content (AvgIpc) is 3.40. The molecular formula is C23H22N4O4S. The Hall–Kier alpha value is -3.72. The lowest BCUT2D eigenvalue weighted by Gasteiger charge is -2.16. The molecule has 2 N–H and O–H groups in total. The normalized spacial score (nSPS) is 10.9. The molecule has 0 saturated carbocycles. The molecule has 0 aliphatic rings. The molecule has 164 valence electrons. The van der Waals surface area contributed by atoms with Gasteiger partial charge in [-0.3, -0.25) is 14.4 Å². The minimum absolute atomic E-state index is 0.115. The zero-order chi connectivity index (χ0) is 22.7. The second-order valence-corrected chi connectivity index (χ2v) is 8.43. The van der Waals surface area contributed by atoms with E-state index in [0.29, 0.717) is 38.7 Å². The van der Waals surface area contributed by atoms with Crippen LogP contribution in [0, 0.1) is 6.92 Å². The number of nitrogens with zero attached hydrogens (tertiary/aromatic N) is 2. The molecule has 0 fully saturated rings. The number of hydrogen-bond donors (Lipinski definition) is 2. The van der Waals surface area contributed by atoms with Crippen LogP contribution in [0.25, 0.3) is 10.2 Å². The van der Waals surface area contributed by atoms with Crippen LogP contribution in [-0.4, -0.2) is 40.3 Å². The molecule has 0 spiro atoms. The molecular weight excluding hydrogens is 428 g/mol. The van der Waals surface area contributed by atoms with Gasteiger partial charge in [-0.2, -0.15) is 0 Å². The van der Waals surface area contributed by atoms with Gasteiger partial charge in [-0.15, -0.1) is 11.3 Å². The second kappa shape index (κ2) is 9.19. The average molecular weight is 451 g/mol.